The molecule has 1 aliphatic carbocycles. The highest BCUT2D eigenvalue weighted by Crippen LogP contribution is 2.29. The van der Waals surface area contributed by atoms with Gasteiger partial charge in [-0.3, -0.25) is 14.8 Å². The Morgan fingerprint density at radius 3 is 2.90 bits per heavy atom. The van der Waals surface area contributed by atoms with Crippen LogP contribution in [0.1, 0.15) is 33.1 Å². The number of hydrogen-bond acceptors (Lipinski definition) is 5. The minimum Gasteiger partial charge on any atom is -0.390 e. The quantitative estimate of drug-likeness (QED) is 0.614. The van der Waals surface area contributed by atoms with E-state index in [2.05, 4.69) is 24.3 Å². The van der Waals surface area contributed by atoms with Crippen LogP contribution < -0.4 is 5.32 Å². The second kappa shape index (κ2) is 7.00. The van der Waals surface area contributed by atoms with Crippen molar-refractivity contribution < 1.29 is 10.0 Å². The molecular formula is C14H24N4O3. The summed E-state index contributed by atoms with van der Waals surface area (Å²) in [7, 11) is 0. The van der Waals surface area contributed by atoms with Crippen molar-refractivity contribution in [3.8, 4) is 0 Å². The molecule has 21 heavy (non-hydrogen) atoms. The van der Waals surface area contributed by atoms with Gasteiger partial charge in [0.05, 0.1) is 17.6 Å². The molecule has 0 saturated heterocycles. The van der Waals surface area contributed by atoms with E-state index in [9.17, 15) is 15.2 Å². The van der Waals surface area contributed by atoms with E-state index in [0.29, 0.717) is 18.5 Å². The van der Waals surface area contributed by atoms with Crippen LogP contribution in [0.5, 0.6) is 0 Å². The average Bonchev–Trinajstić information content (AvgIpc) is 2.89. The first-order chi connectivity index (χ1) is 9.95. The molecule has 7 nitrogen and oxygen atoms in total. The molecule has 1 saturated carbocycles. The summed E-state index contributed by atoms with van der Waals surface area (Å²) >= 11 is 0. The highest BCUT2D eigenvalue weighted by atomic mass is 16.6. The fourth-order valence-electron chi connectivity index (χ4n) is 2.86. The predicted molar refractivity (Wildman–Crippen MR) is 78.9 cm³/mol. The molecule has 1 fully saturated rings. The molecule has 1 aromatic rings. The molecule has 0 spiro atoms. The standard InChI is InChI=1S/C14H24N4O3/c1-10-3-4-12(5-11(10)2)15-7-14(19)9-17-8-13(6-16-17)18(20)21/h6,8,10-12,14-15,19H,3-5,7,9H2,1-2H3. The summed E-state index contributed by atoms with van der Waals surface area (Å²) < 4.78 is 1.41. The normalized spacial score (nSPS) is 27.5. The van der Waals surface area contributed by atoms with Crippen LogP contribution in [0.4, 0.5) is 5.69 Å². The maximum absolute atomic E-state index is 10.6. The van der Waals surface area contributed by atoms with Gasteiger partial charge in [0, 0.05) is 12.6 Å². The van der Waals surface area contributed by atoms with Crippen molar-refractivity contribution in [3.05, 3.63) is 22.5 Å². The number of nitrogens with one attached hydrogen (secondary N) is 1. The molecule has 4 unspecified atom stereocenters. The second-order valence-electron chi connectivity index (χ2n) is 6.20. The molecule has 0 amide bonds. The summed E-state index contributed by atoms with van der Waals surface area (Å²) in [5, 5.41) is 27.9. The van der Waals surface area contributed by atoms with Gasteiger partial charge in [0.15, 0.2) is 0 Å². The van der Waals surface area contributed by atoms with E-state index in [0.717, 1.165) is 18.8 Å². The molecule has 0 radical (unpaired) electrons. The maximum Gasteiger partial charge on any atom is 0.306 e. The fourth-order valence-corrected chi connectivity index (χ4v) is 2.86. The first-order valence-electron chi connectivity index (χ1n) is 7.54. The third-order valence-corrected chi connectivity index (χ3v) is 4.47. The van der Waals surface area contributed by atoms with Crippen molar-refractivity contribution in [2.75, 3.05) is 6.54 Å². The molecule has 4 atom stereocenters. The van der Waals surface area contributed by atoms with E-state index in [1.54, 1.807) is 0 Å². The summed E-state index contributed by atoms with van der Waals surface area (Å²) in [4.78, 5) is 10.1. The van der Waals surface area contributed by atoms with Gasteiger partial charge >= 0.3 is 5.69 Å². The molecule has 1 aromatic heterocycles. The van der Waals surface area contributed by atoms with Gasteiger partial charge in [-0.05, 0) is 31.1 Å². The average molecular weight is 296 g/mol. The lowest BCUT2D eigenvalue weighted by Crippen LogP contribution is -2.41. The summed E-state index contributed by atoms with van der Waals surface area (Å²) in [5.41, 5.74) is -0.0507. The number of nitro groups is 1. The monoisotopic (exact) mass is 296 g/mol. The number of rotatable bonds is 6. The van der Waals surface area contributed by atoms with Crippen LogP contribution in [0.15, 0.2) is 12.4 Å². The Morgan fingerprint density at radius 2 is 2.29 bits per heavy atom. The van der Waals surface area contributed by atoms with Crippen LogP contribution in [0.25, 0.3) is 0 Å². The van der Waals surface area contributed by atoms with Gasteiger partial charge < -0.3 is 10.4 Å². The van der Waals surface area contributed by atoms with Gasteiger partial charge in [0.2, 0.25) is 0 Å². The lowest BCUT2D eigenvalue weighted by atomic mass is 9.79. The number of aliphatic hydroxyl groups is 1. The lowest BCUT2D eigenvalue weighted by Gasteiger charge is -2.33. The maximum atomic E-state index is 10.6. The summed E-state index contributed by atoms with van der Waals surface area (Å²) in [6.07, 6.45) is 5.45. The van der Waals surface area contributed by atoms with Crippen molar-refractivity contribution >= 4 is 5.69 Å². The zero-order valence-corrected chi connectivity index (χ0v) is 12.6. The van der Waals surface area contributed by atoms with Gasteiger partial charge in [-0.25, -0.2) is 0 Å². The minimum atomic E-state index is -0.598. The third kappa shape index (κ3) is 4.50. The first-order valence-corrected chi connectivity index (χ1v) is 7.54. The number of aromatic nitrogens is 2. The minimum absolute atomic E-state index is 0.0507. The molecule has 1 heterocycles. The second-order valence-corrected chi connectivity index (χ2v) is 6.20. The van der Waals surface area contributed by atoms with E-state index in [4.69, 9.17) is 0 Å². The van der Waals surface area contributed by atoms with E-state index in [1.807, 2.05) is 0 Å². The SMILES string of the molecule is CC1CCC(NCC(O)Cn2cc([N+](=O)[O-])cn2)CC1C. The van der Waals surface area contributed by atoms with E-state index >= 15 is 0 Å². The highest BCUT2D eigenvalue weighted by molar-refractivity contribution is 5.20. The van der Waals surface area contributed by atoms with Gasteiger partial charge in [0.1, 0.15) is 12.4 Å². The van der Waals surface area contributed by atoms with Crippen LogP contribution >= 0.6 is 0 Å². The van der Waals surface area contributed by atoms with Crippen LogP contribution in [-0.2, 0) is 6.54 Å². The molecular weight excluding hydrogens is 272 g/mol. The Hall–Kier alpha value is -1.47. The summed E-state index contributed by atoms with van der Waals surface area (Å²) in [6.45, 7) is 5.32. The Balaban J connectivity index is 1.74. The Bertz CT molecular complexity index is 477. The molecule has 0 bridgehead atoms. The van der Waals surface area contributed by atoms with Crippen molar-refractivity contribution in [1.82, 2.24) is 15.1 Å². The zero-order chi connectivity index (χ0) is 15.4. The van der Waals surface area contributed by atoms with Crippen LogP contribution in [0.2, 0.25) is 0 Å². The van der Waals surface area contributed by atoms with Gasteiger partial charge in [0.25, 0.3) is 0 Å². The summed E-state index contributed by atoms with van der Waals surface area (Å²) in [6, 6.07) is 0.456. The molecule has 7 heteroatoms. The van der Waals surface area contributed by atoms with Crippen molar-refractivity contribution in [2.45, 2.75) is 51.8 Å². The number of nitrogens with zero attached hydrogens (tertiary/aromatic N) is 3. The number of aliphatic hydroxyl groups excluding tert-OH is 1. The van der Waals surface area contributed by atoms with Crippen LogP contribution in [0.3, 0.4) is 0 Å². The van der Waals surface area contributed by atoms with Gasteiger partial charge in [-0.1, -0.05) is 13.8 Å². The predicted octanol–water partition coefficient (Wildman–Crippen LogP) is 1.57. The van der Waals surface area contributed by atoms with Crippen molar-refractivity contribution in [3.63, 3.8) is 0 Å². The van der Waals surface area contributed by atoms with E-state index in [-0.39, 0.29) is 12.2 Å². The Morgan fingerprint density at radius 1 is 1.52 bits per heavy atom. The van der Waals surface area contributed by atoms with E-state index < -0.39 is 11.0 Å². The molecule has 0 aromatic carbocycles. The number of hydrogen-bond donors (Lipinski definition) is 2. The smallest absolute Gasteiger partial charge is 0.306 e. The van der Waals surface area contributed by atoms with Crippen molar-refractivity contribution in [2.24, 2.45) is 11.8 Å². The molecule has 0 aliphatic heterocycles. The highest BCUT2D eigenvalue weighted by Gasteiger charge is 2.24. The molecule has 2 N–H and O–H groups in total. The molecule has 1 aliphatic rings. The topological polar surface area (TPSA) is 93.2 Å². The van der Waals surface area contributed by atoms with Crippen LogP contribution in [-0.4, -0.2) is 38.5 Å². The van der Waals surface area contributed by atoms with Gasteiger partial charge in [-0.15, -0.1) is 0 Å². The fraction of sp³-hybridized carbons (Fsp3) is 0.786. The molecule has 2 rings (SSSR count). The van der Waals surface area contributed by atoms with E-state index in [1.165, 1.54) is 23.5 Å². The Labute approximate surface area is 124 Å². The van der Waals surface area contributed by atoms with Crippen molar-refractivity contribution in [1.29, 1.82) is 0 Å². The largest absolute Gasteiger partial charge is 0.390 e. The van der Waals surface area contributed by atoms with Crippen LogP contribution in [0, 0.1) is 22.0 Å². The zero-order valence-electron chi connectivity index (χ0n) is 12.6. The van der Waals surface area contributed by atoms with Gasteiger partial charge in [-0.2, -0.15) is 5.10 Å². The Kier molecular flexibility index (Phi) is 5.30. The lowest BCUT2D eigenvalue weighted by molar-refractivity contribution is -0.385. The first kappa shape index (κ1) is 15.9. The summed E-state index contributed by atoms with van der Waals surface area (Å²) in [5.74, 6) is 1.49. The third-order valence-electron chi connectivity index (χ3n) is 4.47. The molecule has 118 valence electrons.